The zero-order chi connectivity index (χ0) is 11.6. The van der Waals surface area contributed by atoms with Crippen LogP contribution in [0.2, 0.25) is 0 Å². The second-order valence-corrected chi connectivity index (χ2v) is 6.38. The SMILES string of the molecule is CC1(C)CCCCC1(O)CC1CCOCC1. The minimum absolute atomic E-state index is 0.101. The topological polar surface area (TPSA) is 29.5 Å². The summed E-state index contributed by atoms with van der Waals surface area (Å²) in [7, 11) is 0. The average Bonchev–Trinajstić information content (AvgIpc) is 2.24. The van der Waals surface area contributed by atoms with Crippen molar-refractivity contribution in [2.45, 2.75) is 64.4 Å². The van der Waals surface area contributed by atoms with Crippen LogP contribution in [0.25, 0.3) is 0 Å². The van der Waals surface area contributed by atoms with Crippen molar-refractivity contribution < 1.29 is 9.84 Å². The maximum Gasteiger partial charge on any atom is 0.0701 e. The molecule has 0 aromatic rings. The highest BCUT2D eigenvalue weighted by Gasteiger charge is 2.46. The fourth-order valence-electron chi connectivity index (χ4n) is 3.36. The van der Waals surface area contributed by atoms with Crippen LogP contribution in [0.15, 0.2) is 0 Å². The average molecular weight is 226 g/mol. The molecule has 0 amide bonds. The Hall–Kier alpha value is -0.0800. The van der Waals surface area contributed by atoms with Crippen molar-refractivity contribution in [1.82, 2.24) is 0 Å². The third-order valence-corrected chi connectivity index (χ3v) is 4.87. The maximum atomic E-state index is 10.9. The molecule has 1 unspecified atom stereocenters. The second kappa shape index (κ2) is 4.66. The van der Waals surface area contributed by atoms with E-state index in [4.69, 9.17) is 4.74 Å². The molecule has 2 aliphatic rings. The summed E-state index contributed by atoms with van der Waals surface area (Å²) in [5.74, 6) is 0.677. The van der Waals surface area contributed by atoms with Crippen molar-refractivity contribution in [2.24, 2.45) is 11.3 Å². The summed E-state index contributed by atoms with van der Waals surface area (Å²) in [6.07, 6.45) is 7.91. The van der Waals surface area contributed by atoms with Gasteiger partial charge in [0.15, 0.2) is 0 Å². The van der Waals surface area contributed by atoms with E-state index >= 15 is 0 Å². The van der Waals surface area contributed by atoms with E-state index < -0.39 is 5.60 Å². The second-order valence-electron chi connectivity index (χ2n) is 6.38. The van der Waals surface area contributed by atoms with Crippen LogP contribution in [0.1, 0.15) is 58.8 Å². The lowest BCUT2D eigenvalue weighted by Gasteiger charge is -2.48. The molecule has 2 nitrogen and oxygen atoms in total. The van der Waals surface area contributed by atoms with Crippen LogP contribution in [0.4, 0.5) is 0 Å². The zero-order valence-corrected chi connectivity index (χ0v) is 10.8. The number of aliphatic hydroxyl groups is 1. The first-order valence-electron chi connectivity index (χ1n) is 6.84. The summed E-state index contributed by atoms with van der Waals surface area (Å²) < 4.78 is 5.39. The summed E-state index contributed by atoms with van der Waals surface area (Å²) in [6.45, 7) is 6.26. The molecule has 94 valence electrons. The van der Waals surface area contributed by atoms with E-state index in [1.807, 2.05) is 0 Å². The maximum absolute atomic E-state index is 10.9. The first-order chi connectivity index (χ1) is 7.54. The lowest BCUT2D eigenvalue weighted by molar-refractivity contribution is -0.118. The van der Waals surface area contributed by atoms with Crippen molar-refractivity contribution >= 4 is 0 Å². The smallest absolute Gasteiger partial charge is 0.0701 e. The number of hydrogen-bond acceptors (Lipinski definition) is 2. The van der Waals surface area contributed by atoms with Gasteiger partial charge in [-0.1, -0.05) is 26.7 Å². The fraction of sp³-hybridized carbons (Fsp3) is 1.00. The monoisotopic (exact) mass is 226 g/mol. The molecule has 0 bridgehead atoms. The molecule has 0 spiro atoms. The Morgan fingerprint density at radius 3 is 2.38 bits per heavy atom. The Labute approximate surface area is 99.4 Å². The van der Waals surface area contributed by atoms with E-state index in [-0.39, 0.29) is 5.41 Å². The van der Waals surface area contributed by atoms with Crippen LogP contribution in [0.3, 0.4) is 0 Å². The summed E-state index contributed by atoms with van der Waals surface area (Å²) >= 11 is 0. The van der Waals surface area contributed by atoms with E-state index in [2.05, 4.69) is 13.8 Å². The summed E-state index contributed by atoms with van der Waals surface area (Å²) in [4.78, 5) is 0. The van der Waals surface area contributed by atoms with Gasteiger partial charge in [-0.05, 0) is 43.4 Å². The standard InChI is InChI=1S/C14H26O2/c1-13(2)7-3-4-8-14(13,15)11-12-5-9-16-10-6-12/h12,15H,3-11H2,1-2H3. The Bertz CT molecular complexity index is 231. The van der Waals surface area contributed by atoms with Gasteiger partial charge in [0.1, 0.15) is 0 Å². The molecule has 16 heavy (non-hydrogen) atoms. The third kappa shape index (κ3) is 2.43. The Morgan fingerprint density at radius 1 is 1.12 bits per heavy atom. The van der Waals surface area contributed by atoms with Gasteiger partial charge in [-0.15, -0.1) is 0 Å². The van der Waals surface area contributed by atoms with Gasteiger partial charge < -0.3 is 9.84 Å². The van der Waals surface area contributed by atoms with Gasteiger partial charge in [-0.3, -0.25) is 0 Å². The molecule has 0 aromatic heterocycles. The summed E-state index contributed by atoms with van der Waals surface area (Å²) in [5.41, 5.74) is -0.323. The molecule has 2 fully saturated rings. The highest BCUT2D eigenvalue weighted by atomic mass is 16.5. The molecular weight excluding hydrogens is 200 g/mol. The van der Waals surface area contributed by atoms with Gasteiger partial charge in [0.25, 0.3) is 0 Å². The quantitative estimate of drug-likeness (QED) is 0.784. The molecule has 1 N–H and O–H groups in total. The van der Waals surface area contributed by atoms with E-state index in [0.717, 1.165) is 38.9 Å². The van der Waals surface area contributed by atoms with Gasteiger partial charge in [-0.2, -0.15) is 0 Å². The largest absolute Gasteiger partial charge is 0.389 e. The zero-order valence-electron chi connectivity index (χ0n) is 10.8. The Morgan fingerprint density at radius 2 is 1.75 bits per heavy atom. The van der Waals surface area contributed by atoms with Crippen molar-refractivity contribution in [2.75, 3.05) is 13.2 Å². The molecule has 1 saturated heterocycles. The van der Waals surface area contributed by atoms with Crippen molar-refractivity contribution in [1.29, 1.82) is 0 Å². The van der Waals surface area contributed by atoms with Crippen molar-refractivity contribution in [3.63, 3.8) is 0 Å². The first-order valence-corrected chi connectivity index (χ1v) is 6.84. The van der Waals surface area contributed by atoms with Crippen LogP contribution in [-0.4, -0.2) is 23.9 Å². The predicted molar refractivity (Wildman–Crippen MR) is 65.4 cm³/mol. The van der Waals surface area contributed by atoms with Crippen LogP contribution in [0, 0.1) is 11.3 Å². The predicted octanol–water partition coefficient (Wildman–Crippen LogP) is 3.13. The lowest BCUT2D eigenvalue weighted by atomic mass is 9.62. The van der Waals surface area contributed by atoms with Crippen molar-refractivity contribution in [3.8, 4) is 0 Å². The van der Waals surface area contributed by atoms with Crippen LogP contribution >= 0.6 is 0 Å². The van der Waals surface area contributed by atoms with Gasteiger partial charge in [-0.25, -0.2) is 0 Å². The highest BCUT2D eigenvalue weighted by molar-refractivity contribution is 4.97. The van der Waals surface area contributed by atoms with Gasteiger partial charge in [0.05, 0.1) is 5.60 Å². The van der Waals surface area contributed by atoms with Gasteiger partial charge in [0.2, 0.25) is 0 Å². The van der Waals surface area contributed by atoms with E-state index in [1.54, 1.807) is 0 Å². The highest BCUT2D eigenvalue weighted by Crippen LogP contribution is 2.47. The lowest BCUT2D eigenvalue weighted by Crippen LogP contribution is -2.48. The molecule has 1 atom stereocenters. The Balaban J connectivity index is 1.99. The number of rotatable bonds is 2. The fourth-order valence-corrected chi connectivity index (χ4v) is 3.36. The molecule has 1 heterocycles. The number of ether oxygens (including phenoxy) is 1. The minimum atomic E-state index is -0.423. The molecule has 2 rings (SSSR count). The third-order valence-electron chi connectivity index (χ3n) is 4.87. The molecule has 1 aliphatic heterocycles. The molecule has 0 radical (unpaired) electrons. The summed E-state index contributed by atoms with van der Waals surface area (Å²) in [6, 6.07) is 0. The van der Waals surface area contributed by atoms with Crippen LogP contribution in [0.5, 0.6) is 0 Å². The van der Waals surface area contributed by atoms with Crippen LogP contribution < -0.4 is 0 Å². The normalized spacial score (nSPS) is 36.2. The molecule has 2 heteroatoms. The Kier molecular flexibility index (Phi) is 3.60. The molecular formula is C14H26O2. The number of hydrogen-bond donors (Lipinski definition) is 1. The molecule has 1 saturated carbocycles. The molecule has 1 aliphatic carbocycles. The first kappa shape index (κ1) is 12.4. The summed E-state index contributed by atoms with van der Waals surface area (Å²) in [5, 5.41) is 10.9. The van der Waals surface area contributed by atoms with Gasteiger partial charge in [0, 0.05) is 13.2 Å². The molecule has 0 aromatic carbocycles. The van der Waals surface area contributed by atoms with E-state index in [9.17, 15) is 5.11 Å². The minimum Gasteiger partial charge on any atom is -0.389 e. The van der Waals surface area contributed by atoms with Crippen LogP contribution in [-0.2, 0) is 4.74 Å². The van der Waals surface area contributed by atoms with E-state index in [1.165, 1.54) is 19.3 Å². The van der Waals surface area contributed by atoms with Gasteiger partial charge >= 0.3 is 0 Å². The van der Waals surface area contributed by atoms with E-state index in [0.29, 0.717) is 5.92 Å². The van der Waals surface area contributed by atoms with Crippen molar-refractivity contribution in [3.05, 3.63) is 0 Å².